The zero-order valence-electron chi connectivity index (χ0n) is 11.7. The molecule has 1 aromatic rings. The van der Waals surface area contributed by atoms with Gasteiger partial charge in [0.15, 0.2) is 5.82 Å². The van der Waals surface area contributed by atoms with E-state index >= 15 is 0 Å². The largest absolute Gasteiger partial charge is 0.396 e. The number of nitrogen functional groups attached to an aromatic ring is 1. The van der Waals surface area contributed by atoms with Gasteiger partial charge >= 0.3 is 0 Å². The maximum Gasteiger partial charge on any atom is 0.254 e. The Morgan fingerprint density at radius 1 is 1.33 bits per heavy atom. The Morgan fingerprint density at radius 3 is 2.76 bits per heavy atom. The van der Waals surface area contributed by atoms with Crippen molar-refractivity contribution in [1.29, 1.82) is 0 Å². The van der Waals surface area contributed by atoms with Crippen LogP contribution in [0.3, 0.4) is 0 Å². The molecule has 2 rings (SSSR count). The van der Waals surface area contributed by atoms with Gasteiger partial charge in [-0.1, -0.05) is 0 Å². The van der Waals surface area contributed by atoms with Gasteiger partial charge in [0.1, 0.15) is 5.82 Å². The molecule has 0 aliphatic carbocycles. The van der Waals surface area contributed by atoms with E-state index in [1.807, 2.05) is 0 Å². The molecule has 1 aliphatic rings. The molecule has 0 spiro atoms. The number of rotatable bonds is 5. The third-order valence-electron chi connectivity index (χ3n) is 3.35. The van der Waals surface area contributed by atoms with Crippen LogP contribution in [0.15, 0.2) is 12.1 Å². The van der Waals surface area contributed by atoms with Crippen LogP contribution in [0.2, 0.25) is 0 Å². The Balaban J connectivity index is 1.79. The Labute approximate surface area is 122 Å². The van der Waals surface area contributed by atoms with Crippen LogP contribution in [0.25, 0.3) is 0 Å². The number of benzene rings is 1. The number of morpholine rings is 1. The summed E-state index contributed by atoms with van der Waals surface area (Å²) < 4.78 is 32.0. The monoisotopic (exact) mass is 299 g/mol. The van der Waals surface area contributed by atoms with Crippen molar-refractivity contribution in [2.75, 3.05) is 45.1 Å². The second-order valence-electron chi connectivity index (χ2n) is 4.92. The smallest absolute Gasteiger partial charge is 0.254 e. The standard InChI is InChI=1S/C14H19F2N3O2/c15-10-8-11(13(16)12(17)9-10)14(20)18-2-1-3-19-4-6-21-7-5-19/h8-9H,1-7,17H2,(H,18,20). The molecule has 1 fully saturated rings. The molecule has 0 aromatic heterocycles. The Hall–Kier alpha value is -1.73. The normalized spacial score (nSPS) is 15.9. The first-order valence-electron chi connectivity index (χ1n) is 6.91. The average Bonchev–Trinajstić information content (AvgIpc) is 2.48. The summed E-state index contributed by atoms with van der Waals surface area (Å²) in [5, 5.41) is 2.57. The molecule has 0 atom stereocenters. The molecule has 0 saturated carbocycles. The summed E-state index contributed by atoms with van der Waals surface area (Å²) in [4.78, 5) is 14.0. The lowest BCUT2D eigenvalue weighted by atomic mass is 10.1. The van der Waals surface area contributed by atoms with E-state index < -0.39 is 17.5 Å². The van der Waals surface area contributed by atoms with E-state index in [1.54, 1.807) is 0 Å². The topological polar surface area (TPSA) is 67.6 Å². The Kier molecular flexibility index (Phi) is 5.46. The van der Waals surface area contributed by atoms with Gasteiger partial charge in [-0.15, -0.1) is 0 Å². The van der Waals surface area contributed by atoms with E-state index in [9.17, 15) is 13.6 Å². The van der Waals surface area contributed by atoms with Crippen molar-refractivity contribution in [3.63, 3.8) is 0 Å². The minimum Gasteiger partial charge on any atom is -0.396 e. The molecule has 3 N–H and O–H groups in total. The van der Waals surface area contributed by atoms with Gasteiger partial charge in [0.2, 0.25) is 0 Å². The van der Waals surface area contributed by atoms with Gasteiger partial charge < -0.3 is 15.8 Å². The lowest BCUT2D eigenvalue weighted by molar-refractivity contribution is 0.0374. The van der Waals surface area contributed by atoms with Crippen molar-refractivity contribution in [3.8, 4) is 0 Å². The third kappa shape index (κ3) is 4.37. The predicted octanol–water partition coefficient (Wildman–Crippen LogP) is 0.999. The fraction of sp³-hybridized carbons (Fsp3) is 0.500. The second-order valence-corrected chi connectivity index (χ2v) is 4.92. The third-order valence-corrected chi connectivity index (χ3v) is 3.35. The van der Waals surface area contributed by atoms with Crippen molar-refractivity contribution in [2.24, 2.45) is 0 Å². The van der Waals surface area contributed by atoms with Gasteiger partial charge in [0, 0.05) is 19.6 Å². The van der Waals surface area contributed by atoms with Crippen molar-refractivity contribution >= 4 is 11.6 Å². The molecule has 1 amide bonds. The number of carbonyl (C=O) groups excluding carboxylic acids is 1. The Bertz CT molecular complexity index is 505. The summed E-state index contributed by atoms with van der Waals surface area (Å²) in [6.45, 7) is 4.43. The molecule has 5 nitrogen and oxygen atoms in total. The number of ether oxygens (including phenoxy) is 1. The zero-order chi connectivity index (χ0) is 15.2. The second kappa shape index (κ2) is 7.33. The highest BCUT2D eigenvalue weighted by Gasteiger charge is 2.16. The summed E-state index contributed by atoms with van der Waals surface area (Å²) in [5.41, 5.74) is 4.57. The van der Waals surface area contributed by atoms with Crippen LogP contribution in [0.5, 0.6) is 0 Å². The summed E-state index contributed by atoms with van der Waals surface area (Å²) in [5.74, 6) is -2.27. The number of carbonyl (C=O) groups is 1. The van der Waals surface area contributed by atoms with Crippen LogP contribution in [-0.4, -0.2) is 50.2 Å². The maximum absolute atomic E-state index is 13.7. The first kappa shape index (κ1) is 15.7. The quantitative estimate of drug-likeness (QED) is 0.629. The summed E-state index contributed by atoms with van der Waals surface area (Å²) in [6, 6.07) is 1.70. The first-order valence-corrected chi connectivity index (χ1v) is 6.91. The van der Waals surface area contributed by atoms with Crippen LogP contribution >= 0.6 is 0 Å². The van der Waals surface area contributed by atoms with Crippen LogP contribution < -0.4 is 11.1 Å². The van der Waals surface area contributed by atoms with Gasteiger partial charge in [0.25, 0.3) is 5.91 Å². The number of anilines is 1. The van der Waals surface area contributed by atoms with Gasteiger partial charge in [-0.3, -0.25) is 9.69 Å². The fourth-order valence-electron chi connectivity index (χ4n) is 2.20. The minimum atomic E-state index is -0.887. The number of amides is 1. The molecule has 7 heteroatoms. The highest BCUT2D eigenvalue weighted by atomic mass is 19.1. The van der Waals surface area contributed by atoms with Crippen molar-refractivity contribution < 1.29 is 18.3 Å². The summed E-state index contributed by atoms with van der Waals surface area (Å²) in [7, 11) is 0. The molecule has 1 aliphatic heterocycles. The van der Waals surface area contributed by atoms with Gasteiger partial charge in [-0.2, -0.15) is 0 Å². The van der Waals surface area contributed by atoms with E-state index in [1.165, 1.54) is 0 Å². The summed E-state index contributed by atoms with van der Waals surface area (Å²) in [6.07, 6.45) is 0.734. The average molecular weight is 299 g/mol. The molecule has 1 aromatic carbocycles. The number of halogens is 2. The van der Waals surface area contributed by atoms with Gasteiger partial charge in [-0.05, 0) is 25.1 Å². The molecule has 1 saturated heterocycles. The number of hydrogen-bond donors (Lipinski definition) is 2. The van der Waals surface area contributed by atoms with E-state index in [0.29, 0.717) is 6.54 Å². The van der Waals surface area contributed by atoms with Crippen LogP contribution in [-0.2, 0) is 4.74 Å². The van der Waals surface area contributed by atoms with Crippen molar-refractivity contribution in [1.82, 2.24) is 10.2 Å². The molecule has 0 unspecified atom stereocenters. The lowest BCUT2D eigenvalue weighted by Crippen LogP contribution is -2.38. The van der Waals surface area contributed by atoms with Gasteiger partial charge in [-0.25, -0.2) is 8.78 Å². The molecule has 0 bridgehead atoms. The van der Waals surface area contributed by atoms with E-state index in [-0.39, 0.29) is 11.3 Å². The molecule has 21 heavy (non-hydrogen) atoms. The number of nitrogens with two attached hydrogens (primary N) is 1. The molecule has 116 valence electrons. The maximum atomic E-state index is 13.7. The molecular weight excluding hydrogens is 280 g/mol. The number of nitrogens with zero attached hydrogens (tertiary/aromatic N) is 1. The van der Waals surface area contributed by atoms with Crippen LogP contribution in [0, 0.1) is 11.6 Å². The van der Waals surface area contributed by atoms with E-state index in [2.05, 4.69) is 10.2 Å². The molecule has 1 heterocycles. The zero-order valence-corrected chi connectivity index (χ0v) is 11.7. The number of nitrogens with one attached hydrogen (secondary N) is 1. The predicted molar refractivity (Wildman–Crippen MR) is 75.0 cm³/mol. The van der Waals surface area contributed by atoms with Crippen LogP contribution in [0.4, 0.5) is 14.5 Å². The van der Waals surface area contributed by atoms with Gasteiger partial charge in [0.05, 0.1) is 24.5 Å². The first-order chi connectivity index (χ1) is 10.1. The number of hydrogen-bond acceptors (Lipinski definition) is 4. The lowest BCUT2D eigenvalue weighted by Gasteiger charge is -2.26. The summed E-state index contributed by atoms with van der Waals surface area (Å²) >= 11 is 0. The van der Waals surface area contributed by atoms with E-state index in [4.69, 9.17) is 10.5 Å². The molecule has 0 radical (unpaired) electrons. The SMILES string of the molecule is Nc1cc(F)cc(C(=O)NCCCN2CCOCC2)c1F. The van der Waals surface area contributed by atoms with Crippen molar-refractivity contribution in [3.05, 3.63) is 29.3 Å². The highest BCUT2D eigenvalue weighted by Crippen LogP contribution is 2.17. The van der Waals surface area contributed by atoms with Crippen molar-refractivity contribution in [2.45, 2.75) is 6.42 Å². The Morgan fingerprint density at radius 2 is 2.05 bits per heavy atom. The fourth-order valence-corrected chi connectivity index (χ4v) is 2.20. The van der Waals surface area contributed by atoms with Crippen LogP contribution in [0.1, 0.15) is 16.8 Å². The highest BCUT2D eigenvalue weighted by molar-refractivity contribution is 5.95. The minimum absolute atomic E-state index is 0.362. The van der Waals surface area contributed by atoms with E-state index in [0.717, 1.165) is 51.4 Å². The molecular formula is C14H19F2N3O2.